The van der Waals surface area contributed by atoms with E-state index in [2.05, 4.69) is 10.6 Å². The SMILES string of the molecule is Cc1ccc(NC(=O)CS(=O)(=O)Cc2cccc(C(=O)NCC3CCCO3)c2)cc1. The molecule has 1 saturated heterocycles. The van der Waals surface area contributed by atoms with E-state index in [0.29, 0.717) is 30.0 Å². The lowest BCUT2D eigenvalue weighted by Gasteiger charge is -2.11. The Labute approximate surface area is 176 Å². The molecule has 8 heteroatoms. The van der Waals surface area contributed by atoms with Crippen LogP contribution in [0.5, 0.6) is 0 Å². The number of carbonyl (C=O) groups is 2. The van der Waals surface area contributed by atoms with E-state index in [9.17, 15) is 18.0 Å². The molecule has 0 bridgehead atoms. The lowest BCUT2D eigenvalue weighted by molar-refractivity contribution is -0.113. The van der Waals surface area contributed by atoms with E-state index < -0.39 is 21.5 Å². The Bertz CT molecular complexity index is 996. The highest BCUT2D eigenvalue weighted by Gasteiger charge is 2.19. The van der Waals surface area contributed by atoms with Gasteiger partial charge in [-0.1, -0.05) is 29.8 Å². The topological polar surface area (TPSA) is 102 Å². The molecule has 2 aromatic rings. The van der Waals surface area contributed by atoms with Gasteiger partial charge in [0.15, 0.2) is 9.84 Å². The van der Waals surface area contributed by atoms with Crippen LogP contribution in [0.2, 0.25) is 0 Å². The standard InChI is InChI=1S/C22H26N2O5S/c1-16-7-9-19(10-8-16)24-21(25)15-30(27,28)14-17-4-2-5-18(12-17)22(26)23-13-20-6-3-11-29-20/h2,4-5,7-10,12,20H,3,6,11,13-15H2,1H3,(H,23,26)(H,24,25). The minimum absolute atomic E-state index is 0.0320. The molecule has 0 aromatic heterocycles. The van der Waals surface area contributed by atoms with E-state index in [0.717, 1.165) is 18.4 Å². The van der Waals surface area contributed by atoms with E-state index >= 15 is 0 Å². The Morgan fingerprint density at radius 1 is 1.13 bits per heavy atom. The normalized spacial score (nSPS) is 16.2. The van der Waals surface area contributed by atoms with Gasteiger partial charge in [-0.05, 0) is 49.6 Å². The van der Waals surface area contributed by atoms with Crippen molar-refractivity contribution in [2.24, 2.45) is 0 Å². The fraction of sp³-hybridized carbons (Fsp3) is 0.364. The summed E-state index contributed by atoms with van der Waals surface area (Å²) in [5.41, 5.74) is 2.43. The molecule has 2 N–H and O–H groups in total. The van der Waals surface area contributed by atoms with E-state index in [4.69, 9.17) is 4.74 Å². The molecule has 0 radical (unpaired) electrons. The summed E-state index contributed by atoms with van der Waals surface area (Å²) >= 11 is 0. The van der Waals surface area contributed by atoms with Crippen LogP contribution in [0.25, 0.3) is 0 Å². The zero-order chi connectivity index (χ0) is 21.6. The molecule has 1 heterocycles. The highest BCUT2D eigenvalue weighted by atomic mass is 32.2. The number of sulfone groups is 1. The Hall–Kier alpha value is -2.71. The summed E-state index contributed by atoms with van der Waals surface area (Å²) in [6, 6.07) is 13.5. The summed E-state index contributed by atoms with van der Waals surface area (Å²) in [4.78, 5) is 24.5. The van der Waals surface area contributed by atoms with Gasteiger partial charge in [0.25, 0.3) is 5.91 Å². The Balaban J connectivity index is 1.56. The Morgan fingerprint density at radius 3 is 2.60 bits per heavy atom. The number of hydrogen-bond acceptors (Lipinski definition) is 5. The number of nitrogens with one attached hydrogen (secondary N) is 2. The van der Waals surface area contributed by atoms with Gasteiger partial charge in [-0.2, -0.15) is 0 Å². The Kier molecular flexibility index (Phi) is 7.23. The smallest absolute Gasteiger partial charge is 0.251 e. The number of ether oxygens (including phenoxy) is 1. The number of benzene rings is 2. The maximum atomic E-state index is 12.5. The minimum atomic E-state index is -3.69. The predicted molar refractivity (Wildman–Crippen MR) is 115 cm³/mol. The number of carbonyl (C=O) groups excluding carboxylic acids is 2. The predicted octanol–water partition coefficient (Wildman–Crippen LogP) is 2.46. The van der Waals surface area contributed by atoms with Crippen LogP contribution in [0.3, 0.4) is 0 Å². The molecule has 1 fully saturated rings. The summed E-state index contributed by atoms with van der Waals surface area (Å²) in [6.07, 6.45) is 1.94. The van der Waals surface area contributed by atoms with Crippen LogP contribution in [0.4, 0.5) is 5.69 Å². The van der Waals surface area contributed by atoms with Gasteiger partial charge in [-0.25, -0.2) is 8.42 Å². The largest absolute Gasteiger partial charge is 0.376 e. The van der Waals surface area contributed by atoms with Crippen LogP contribution in [0, 0.1) is 6.92 Å². The van der Waals surface area contributed by atoms with E-state index in [1.807, 2.05) is 19.1 Å². The molecule has 0 spiro atoms. The minimum Gasteiger partial charge on any atom is -0.376 e. The van der Waals surface area contributed by atoms with Crippen LogP contribution >= 0.6 is 0 Å². The van der Waals surface area contributed by atoms with E-state index in [1.165, 1.54) is 0 Å². The molecule has 0 saturated carbocycles. The quantitative estimate of drug-likeness (QED) is 0.670. The first-order valence-electron chi connectivity index (χ1n) is 9.86. The first-order valence-corrected chi connectivity index (χ1v) is 11.7. The van der Waals surface area contributed by atoms with Crippen molar-refractivity contribution >= 4 is 27.3 Å². The van der Waals surface area contributed by atoms with Gasteiger partial charge in [0.2, 0.25) is 5.91 Å². The van der Waals surface area contributed by atoms with Gasteiger partial charge < -0.3 is 15.4 Å². The van der Waals surface area contributed by atoms with E-state index in [1.54, 1.807) is 36.4 Å². The number of aryl methyl sites for hydroxylation is 1. The fourth-order valence-corrected chi connectivity index (χ4v) is 4.52. The molecule has 1 aliphatic heterocycles. The average Bonchev–Trinajstić information content (AvgIpc) is 3.21. The molecule has 1 aliphatic rings. The highest BCUT2D eigenvalue weighted by Crippen LogP contribution is 2.13. The molecule has 1 unspecified atom stereocenters. The average molecular weight is 431 g/mol. The maximum Gasteiger partial charge on any atom is 0.251 e. The third-order valence-corrected chi connectivity index (χ3v) is 6.25. The van der Waals surface area contributed by atoms with Crippen LogP contribution in [-0.2, 0) is 25.1 Å². The third kappa shape index (κ3) is 6.67. The van der Waals surface area contributed by atoms with E-state index in [-0.39, 0.29) is 17.8 Å². The number of hydrogen-bond donors (Lipinski definition) is 2. The second kappa shape index (κ2) is 9.86. The lowest BCUT2D eigenvalue weighted by Crippen LogP contribution is -2.31. The second-order valence-electron chi connectivity index (χ2n) is 7.49. The molecule has 2 amide bonds. The molecule has 0 aliphatic carbocycles. The third-order valence-electron chi connectivity index (χ3n) is 4.78. The van der Waals surface area contributed by atoms with Gasteiger partial charge in [-0.3, -0.25) is 9.59 Å². The van der Waals surface area contributed by atoms with Crippen LogP contribution in [-0.4, -0.2) is 45.2 Å². The first kappa shape index (κ1) is 22.0. The van der Waals surface area contributed by atoms with Crippen molar-refractivity contribution in [1.82, 2.24) is 5.32 Å². The lowest BCUT2D eigenvalue weighted by atomic mass is 10.1. The summed E-state index contributed by atoms with van der Waals surface area (Å²) in [5.74, 6) is -1.82. The monoisotopic (exact) mass is 430 g/mol. The molecule has 1 atom stereocenters. The maximum absolute atomic E-state index is 12.5. The summed E-state index contributed by atoms with van der Waals surface area (Å²) < 4.78 is 30.4. The van der Waals surface area contributed by atoms with Crippen LogP contribution in [0.15, 0.2) is 48.5 Å². The fourth-order valence-electron chi connectivity index (χ4n) is 3.25. The molecule has 2 aromatic carbocycles. The number of rotatable bonds is 8. The van der Waals surface area contributed by atoms with Crippen LogP contribution in [0.1, 0.15) is 34.3 Å². The van der Waals surface area contributed by atoms with Crippen molar-refractivity contribution in [3.8, 4) is 0 Å². The first-order chi connectivity index (χ1) is 14.3. The zero-order valence-corrected chi connectivity index (χ0v) is 17.7. The van der Waals surface area contributed by atoms with Crippen molar-refractivity contribution in [3.63, 3.8) is 0 Å². The number of anilines is 1. The van der Waals surface area contributed by atoms with Crippen molar-refractivity contribution in [3.05, 3.63) is 65.2 Å². The van der Waals surface area contributed by atoms with Crippen molar-refractivity contribution in [2.45, 2.75) is 31.6 Å². The molecular weight excluding hydrogens is 404 g/mol. The molecule has 30 heavy (non-hydrogen) atoms. The van der Waals surface area contributed by atoms with Crippen molar-refractivity contribution < 1.29 is 22.7 Å². The van der Waals surface area contributed by atoms with Gasteiger partial charge in [0.1, 0.15) is 5.75 Å². The van der Waals surface area contributed by atoms with Crippen molar-refractivity contribution in [1.29, 1.82) is 0 Å². The molecule has 160 valence electrons. The van der Waals surface area contributed by atoms with Crippen molar-refractivity contribution in [2.75, 3.05) is 24.2 Å². The summed E-state index contributed by atoms with van der Waals surface area (Å²) in [7, 11) is -3.69. The molecular formula is C22H26N2O5S. The zero-order valence-electron chi connectivity index (χ0n) is 16.9. The summed E-state index contributed by atoms with van der Waals surface area (Å²) in [6.45, 7) is 3.07. The van der Waals surface area contributed by atoms with Gasteiger partial charge in [0.05, 0.1) is 11.9 Å². The summed E-state index contributed by atoms with van der Waals surface area (Å²) in [5, 5.41) is 5.41. The molecule has 3 rings (SSSR count). The van der Waals surface area contributed by atoms with Gasteiger partial charge >= 0.3 is 0 Å². The Morgan fingerprint density at radius 2 is 1.90 bits per heavy atom. The second-order valence-corrected chi connectivity index (χ2v) is 9.56. The van der Waals surface area contributed by atoms with Gasteiger partial charge in [0, 0.05) is 24.4 Å². The molecule has 7 nitrogen and oxygen atoms in total. The van der Waals surface area contributed by atoms with Gasteiger partial charge in [-0.15, -0.1) is 0 Å². The van der Waals surface area contributed by atoms with Crippen LogP contribution < -0.4 is 10.6 Å². The number of amides is 2. The highest BCUT2D eigenvalue weighted by molar-refractivity contribution is 7.91.